The Kier molecular flexibility index (Phi) is 66.5. The Morgan fingerprint density at radius 1 is 0.305 bits per heavy atom. The summed E-state index contributed by atoms with van der Waals surface area (Å²) in [6.45, 7) is 9.58. The Bertz CT molecular complexity index is 1840. The molecule has 564 valence electrons. The van der Waals surface area contributed by atoms with Crippen molar-refractivity contribution in [3.05, 3.63) is 0 Å². The van der Waals surface area contributed by atoms with Crippen LogP contribution in [0.1, 0.15) is 395 Å². The molecule has 0 radical (unpaired) electrons. The molecule has 0 aromatic heterocycles. The molecule has 0 heterocycles. The lowest BCUT2D eigenvalue weighted by molar-refractivity contribution is -0.161. The molecule has 0 saturated carbocycles. The Balaban J connectivity index is 5.22. The summed E-state index contributed by atoms with van der Waals surface area (Å²) in [6.07, 6.45) is 55.5. The molecule has 0 saturated heterocycles. The minimum absolute atomic E-state index is 0.104. The Labute approximate surface area is 581 Å². The van der Waals surface area contributed by atoms with Gasteiger partial charge in [-0.15, -0.1) is 0 Å². The van der Waals surface area contributed by atoms with Crippen LogP contribution in [0.3, 0.4) is 0 Å². The van der Waals surface area contributed by atoms with Gasteiger partial charge >= 0.3 is 39.5 Å². The fourth-order valence-corrected chi connectivity index (χ4v) is 13.2. The van der Waals surface area contributed by atoms with Gasteiger partial charge in [-0.2, -0.15) is 0 Å². The van der Waals surface area contributed by atoms with Crippen molar-refractivity contribution in [2.75, 3.05) is 39.6 Å². The number of esters is 4. The molecular weight excluding hydrogens is 1250 g/mol. The predicted octanol–water partition coefficient (Wildman–Crippen LogP) is 22.3. The third-order valence-corrected chi connectivity index (χ3v) is 20.0. The quantitative estimate of drug-likeness (QED) is 0.0222. The Morgan fingerprint density at radius 2 is 0.537 bits per heavy atom. The summed E-state index contributed by atoms with van der Waals surface area (Å²) < 4.78 is 68.5. The van der Waals surface area contributed by atoms with E-state index in [0.29, 0.717) is 31.6 Å². The van der Waals surface area contributed by atoms with Gasteiger partial charge in [0.1, 0.15) is 19.3 Å². The van der Waals surface area contributed by atoms with Crippen molar-refractivity contribution in [3.63, 3.8) is 0 Å². The highest BCUT2D eigenvalue weighted by Gasteiger charge is 2.30. The molecule has 0 aromatic rings. The van der Waals surface area contributed by atoms with Crippen molar-refractivity contribution in [2.24, 2.45) is 11.8 Å². The van der Waals surface area contributed by atoms with Crippen molar-refractivity contribution in [3.8, 4) is 0 Å². The lowest BCUT2D eigenvalue weighted by Crippen LogP contribution is -2.30. The van der Waals surface area contributed by atoms with Gasteiger partial charge in [0.05, 0.1) is 26.4 Å². The number of rotatable bonds is 75. The first-order valence-corrected chi connectivity index (χ1v) is 42.5. The zero-order valence-corrected chi connectivity index (χ0v) is 63.8. The summed E-state index contributed by atoms with van der Waals surface area (Å²) in [7, 11) is -9.91. The number of hydrogen-bond acceptors (Lipinski definition) is 15. The summed E-state index contributed by atoms with van der Waals surface area (Å²) in [5, 5.41) is 10.6. The molecule has 0 spiro atoms. The Hall–Kier alpha value is -1.94. The first-order valence-electron chi connectivity index (χ1n) is 39.5. The van der Waals surface area contributed by atoms with Gasteiger partial charge in [-0.3, -0.25) is 37.3 Å². The maximum absolute atomic E-state index is 13.1. The molecule has 0 amide bonds. The van der Waals surface area contributed by atoms with Gasteiger partial charge in [0, 0.05) is 25.7 Å². The maximum atomic E-state index is 13.1. The van der Waals surface area contributed by atoms with Gasteiger partial charge in [0.2, 0.25) is 0 Å². The zero-order chi connectivity index (χ0) is 70.0. The van der Waals surface area contributed by atoms with Gasteiger partial charge in [-0.05, 0) is 37.5 Å². The third kappa shape index (κ3) is 69.0. The van der Waals surface area contributed by atoms with E-state index in [1.807, 2.05) is 0 Å². The molecule has 95 heavy (non-hydrogen) atoms. The number of carbonyl (C=O) groups is 4. The van der Waals surface area contributed by atoms with Gasteiger partial charge in [0.15, 0.2) is 12.2 Å². The van der Waals surface area contributed by atoms with E-state index in [2.05, 4.69) is 41.5 Å². The second-order valence-electron chi connectivity index (χ2n) is 28.1. The molecule has 0 aliphatic rings. The van der Waals surface area contributed by atoms with Crippen molar-refractivity contribution >= 4 is 39.5 Å². The van der Waals surface area contributed by atoms with Crippen LogP contribution in [0, 0.1) is 11.8 Å². The van der Waals surface area contributed by atoms with Crippen LogP contribution in [0.25, 0.3) is 0 Å². The van der Waals surface area contributed by atoms with Crippen LogP contribution in [0.5, 0.6) is 0 Å². The zero-order valence-electron chi connectivity index (χ0n) is 62.0. The van der Waals surface area contributed by atoms with Crippen LogP contribution in [-0.2, 0) is 65.4 Å². The smallest absolute Gasteiger partial charge is 0.462 e. The van der Waals surface area contributed by atoms with Crippen molar-refractivity contribution in [1.29, 1.82) is 0 Å². The largest absolute Gasteiger partial charge is 0.472 e. The van der Waals surface area contributed by atoms with E-state index in [-0.39, 0.29) is 25.7 Å². The second kappa shape index (κ2) is 67.9. The molecule has 0 fully saturated rings. The molecule has 6 atom stereocenters. The van der Waals surface area contributed by atoms with Crippen LogP contribution in [0.15, 0.2) is 0 Å². The topological polar surface area (TPSA) is 237 Å². The van der Waals surface area contributed by atoms with Crippen LogP contribution in [-0.4, -0.2) is 96.7 Å². The van der Waals surface area contributed by atoms with Gasteiger partial charge in [-0.25, -0.2) is 9.13 Å². The monoisotopic (exact) mass is 1400 g/mol. The summed E-state index contributed by atoms with van der Waals surface area (Å²) in [5.74, 6) is -0.576. The molecule has 0 aromatic carbocycles. The lowest BCUT2D eigenvalue weighted by atomic mass is 9.99. The van der Waals surface area contributed by atoms with E-state index >= 15 is 0 Å². The highest BCUT2D eigenvalue weighted by molar-refractivity contribution is 7.47. The minimum atomic E-state index is -4.96. The molecule has 0 bridgehead atoms. The van der Waals surface area contributed by atoms with Crippen LogP contribution < -0.4 is 0 Å². The van der Waals surface area contributed by atoms with Gasteiger partial charge in [-0.1, -0.05) is 343 Å². The Morgan fingerprint density at radius 3 is 0.800 bits per heavy atom. The van der Waals surface area contributed by atoms with Crippen LogP contribution in [0.4, 0.5) is 0 Å². The number of ether oxygens (including phenoxy) is 4. The fourth-order valence-electron chi connectivity index (χ4n) is 11.6. The van der Waals surface area contributed by atoms with E-state index in [9.17, 15) is 43.2 Å². The SMILES string of the molecule is CCCCCCCCCCCCCCCCCCCC(=O)OC[C@H](COP(=O)(O)OC[C@@H](O)COP(=O)(O)OC[C@@H](COC(=O)CCCCCCCCCCCC)OC(=O)CCCCCCCCCC(C)C)OC(=O)CCCCCCCCCCCCCCCCC(C)CC. The van der Waals surface area contributed by atoms with E-state index in [0.717, 1.165) is 95.8 Å². The average Bonchev–Trinajstić information content (AvgIpc) is 2.33. The highest BCUT2D eigenvalue weighted by Crippen LogP contribution is 2.45. The molecule has 17 nitrogen and oxygen atoms in total. The number of hydrogen-bond donors (Lipinski definition) is 3. The van der Waals surface area contributed by atoms with Crippen LogP contribution in [0.2, 0.25) is 0 Å². The standard InChI is InChI=1S/C76H148O17P2/c1-7-10-12-14-16-18-20-21-22-23-24-28-31-35-41-47-53-59-74(79)87-64-71(92-75(80)60-54-48-42-36-32-29-26-25-27-30-33-39-45-51-57-69(6)9-3)66-90-94(82,83)88-62-70(77)63-89-95(84,85)91-67-72(93-76(81)61-55-49-43-37-38-44-50-56-68(4)5)65-86-73(78)58-52-46-40-34-19-17-15-13-11-8-2/h68-72,77H,7-67H2,1-6H3,(H,82,83)(H,84,85)/t69?,70-,71-,72-/m1/s1. The summed E-state index contributed by atoms with van der Waals surface area (Å²) in [5.41, 5.74) is 0. The molecule has 3 unspecified atom stereocenters. The molecule has 19 heteroatoms. The van der Waals surface area contributed by atoms with Gasteiger partial charge < -0.3 is 33.8 Å². The lowest BCUT2D eigenvalue weighted by Gasteiger charge is -2.21. The second-order valence-corrected chi connectivity index (χ2v) is 31.0. The number of carbonyl (C=O) groups excluding carboxylic acids is 4. The molecule has 0 aliphatic heterocycles. The number of unbranched alkanes of at least 4 members (excludes halogenated alkanes) is 44. The van der Waals surface area contributed by atoms with Crippen molar-refractivity contribution in [2.45, 2.75) is 413 Å². The molecule has 0 rings (SSSR count). The van der Waals surface area contributed by atoms with Gasteiger partial charge in [0.25, 0.3) is 0 Å². The summed E-state index contributed by atoms with van der Waals surface area (Å²) in [6, 6.07) is 0. The van der Waals surface area contributed by atoms with Crippen LogP contribution >= 0.6 is 15.6 Å². The molecule has 3 N–H and O–H groups in total. The fraction of sp³-hybridized carbons (Fsp3) is 0.947. The predicted molar refractivity (Wildman–Crippen MR) is 386 cm³/mol. The van der Waals surface area contributed by atoms with E-state index in [1.165, 1.54) is 212 Å². The molecular formula is C76H148O17P2. The average molecular weight is 1400 g/mol. The first kappa shape index (κ1) is 93.1. The van der Waals surface area contributed by atoms with E-state index < -0.39 is 97.5 Å². The first-order chi connectivity index (χ1) is 45.9. The summed E-state index contributed by atoms with van der Waals surface area (Å²) >= 11 is 0. The summed E-state index contributed by atoms with van der Waals surface area (Å²) in [4.78, 5) is 72.7. The number of phosphoric acid groups is 2. The normalized spacial score (nSPS) is 14.3. The number of aliphatic hydroxyl groups is 1. The van der Waals surface area contributed by atoms with E-state index in [4.69, 9.17) is 37.0 Å². The molecule has 0 aliphatic carbocycles. The highest BCUT2D eigenvalue weighted by atomic mass is 31.2. The number of aliphatic hydroxyl groups excluding tert-OH is 1. The van der Waals surface area contributed by atoms with Crippen molar-refractivity contribution in [1.82, 2.24) is 0 Å². The maximum Gasteiger partial charge on any atom is 0.472 e. The van der Waals surface area contributed by atoms with E-state index in [1.54, 1.807) is 0 Å². The minimum Gasteiger partial charge on any atom is -0.462 e. The third-order valence-electron chi connectivity index (χ3n) is 18.1. The number of phosphoric ester groups is 2. The van der Waals surface area contributed by atoms with Crippen molar-refractivity contribution < 1.29 is 80.2 Å².